The van der Waals surface area contributed by atoms with Gasteiger partial charge in [0, 0.05) is 11.0 Å². The van der Waals surface area contributed by atoms with Crippen LogP contribution in [0.4, 0.5) is 0 Å². The van der Waals surface area contributed by atoms with E-state index in [-0.39, 0.29) is 22.3 Å². The molecule has 0 amide bonds. The summed E-state index contributed by atoms with van der Waals surface area (Å²) < 4.78 is 26.7. The van der Waals surface area contributed by atoms with Crippen LogP contribution >= 0.6 is 31.9 Å². The third-order valence-corrected chi connectivity index (χ3v) is 6.05. The van der Waals surface area contributed by atoms with Gasteiger partial charge in [-0.1, -0.05) is 15.9 Å². The van der Waals surface area contributed by atoms with E-state index in [1.807, 2.05) is 0 Å². The number of carboxylic acids is 1. The number of nitrogens with zero attached hydrogens (tertiary/aromatic N) is 1. The van der Waals surface area contributed by atoms with Crippen molar-refractivity contribution in [2.75, 3.05) is 6.54 Å². The largest absolute Gasteiger partial charge is 0.505 e. The number of aromatic hydroxyl groups is 1. The molecule has 1 aliphatic heterocycles. The van der Waals surface area contributed by atoms with Crippen LogP contribution < -0.4 is 0 Å². The van der Waals surface area contributed by atoms with Crippen LogP contribution in [0.5, 0.6) is 5.75 Å². The van der Waals surface area contributed by atoms with E-state index >= 15 is 0 Å². The standard InChI is InChI=1S/C11H11Br2NO5S/c12-6-4-7(13)10(15)9(5-6)20(18,19)14-3-1-2-8(14)11(16)17/h4-5,8,15H,1-3H2,(H,16,17)/t8-/m0/s1. The first-order chi connectivity index (χ1) is 9.25. The van der Waals surface area contributed by atoms with Gasteiger partial charge in [0.2, 0.25) is 10.0 Å². The Morgan fingerprint density at radius 1 is 1.35 bits per heavy atom. The normalized spacial score (nSPS) is 20.2. The Morgan fingerprint density at radius 3 is 2.60 bits per heavy atom. The van der Waals surface area contributed by atoms with Gasteiger partial charge in [-0.25, -0.2) is 8.42 Å². The van der Waals surface area contributed by atoms with Crippen LogP contribution in [-0.4, -0.2) is 41.5 Å². The molecule has 1 heterocycles. The van der Waals surface area contributed by atoms with Crippen molar-refractivity contribution >= 4 is 47.9 Å². The van der Waals surface area contributed by atoms with Crippen molar-refractivity contribution in [3.63, 3.8) is 0 Å². The maximum Gasteiger partial charge on any atom is 0.322 e. The van der Waals surface area contributed by atoms with Gasteiger partial charge in [-0.3, -0.25) is 4.79 Å². The minimum absolute atomic E-state index is 0.128. The van der Waals surface area contributed by atoms with Gasteiger partial charge < -0.3 is 10.2 Å². The Bertz CT molecular complexity index is 661. The minimum Gasteiger partial charge on any atom is -0.505 e. The van der Waals surface area contributed by atoms with Crippen LogP contribution in [0.15, 0.2) is 26.0 Å². The van der Waals surface area contributed by atoms with E-state index in [1.165, 1.54) is 12.1 Å². The zero-order chi connectivity index (χ0) is 15.1. The maximum absolute atomic E-state index is 12.5. The SMILES string of the molecule is O=C(O)[C@@H]1CCCN1S(=O)(=O)c1cc(Br)cc(Br)c1O. The zero-order valence-corrected chi connectivity index (χ0v) is 14.1. The summed E-state index contributed by atoms with van der Waals surface area (Å²) >= 11 is 6.21. The smallest absolute Gasteiger partial charge is 0.322 e. The Balaban J connectivity index is 2.53. The second kappa shape index (κ2) is 5.63. The zero-order valence-electron chi connectivity index (χ0n) is 10.1. The molecule has 2 rings (SSSR count). The van der Waals surface area contributed by atoms with Gasteiger partial charge in [0.05, 0.1) is 4.47 Å². The van der Waals surface area contributed by atoms with Gasteiger partial charge in [-0.2, -0.15) is 4.31 Å². The molecule has 0 saturated carbocycles. The Kier molecular flexibility index (Phi) is 4.43. The van der Waals surface area contributed by atoms with Gasteiger partial charge in [0.25, 0.3) is 0 Å². The summed E-state index contributed by atoms with van der Waals surface area (Å²) in [4.78, 5) is 10.8. The topological polar surface area (TPSA) is 94.9 Å². The first kappa shape index (κ1) is 15.7. The first-order valence-corrected chi connectivity index (χ1v) is 8.70. The average Bonchev–Trinajstić information content (AvgIpc) is 2.83. The summed E-state index contributed by atoms with van der Waals surface area (Å²) in [7, 11) is -4.07. The molecule has 1 saturated heterocycles. The molecule has 1 aromatic rings. The quantitative estimate of drug-likeness (QED) is 0.769. The van der Waals surface area contributed by atoms with E-state index < -0.39 is 27.8 Å². The van der Waals surface area contributed by atoms with Crippen LogP contribution in [0.2, 0.25) is 0 Å². The van der Waals surface area contributed by atoms with Crippen molar-refractivity contribution < 1.29 is 23.4 Å². The van der Waals surface area contributed by atoms with Crippen LogP contribution in [0.1, 0.15) is 12.8 Å². The number of hydrogen-bond donors (Lipinski definition) is 2. The highest BCUT2D eigenvalue weighted by Crippen LogP contribution is 2.37. The Morgan fingerprint density at radius 2 is 2.00 bits per heavy atom. The summed E-state index contributed by atoms with van der Waals surface area (Å²) in [5.74, 6) is -1.61. The molecule has 20 heavy (non-hydrogen) atoms. The molecule has 0 unspecified atom stereocenters. The fourth-order valence-corrected chi connectivity index (χ4v) is 5.43. The molecular weight excluding hydrogens is 418 g/mol. The summed E-state index contributed by atoms with van der Waals surface area (Å²) in [6.07, 6.45) is 0.747. The number of hydrogen-bond acceptors (Lipinski definition) is 4. The molecule has 110 valence electrons. The molecule has 1 aliphatic rings. The number of halogens is 2. The summed E-state index contributed by atoms with van der Waals surface area (Å²) in [5.41, 5.74) is 0. The molecule has 0 aromatic heterocycles. The molecule has 0 bridgehead atoms. The highest BCUT2D eigenvalue weighted by Gasteiger charge is 2.40. The van der Waals surface area contributed by atoms with Gasteiger partial charge in [0.15, 0.2) is 0 Å². The van der Waals surface area contributed by atoms with Crippen molar-refractivity contribution in [1.82, 2.24) is 4.31 Å². The Hall–Kier alpha value is -0.640. The van der Waals surface area contributed by atoms with Crippen LogP contribution in [0.3, 0.4) is 0 Å². The van der Waals surface area contributed by atoms with E-state index in [0.29, 0.717) is 10.9 Å². The molecule has 0 spiro atoms. The van der Waals surface area contributed by atoms with Crippen molar-refractivity contribution in [3.05, 3.63) is 21.1 Å². The lowest BCUT2D eigenvalue weighted by atomic mass is 10.2. The van der Waals surface area contributed by atoms with Crippen LogP contribution in [0, 0.1) is 0 Å². The highest BCUT2D eigenvalue weighted by molar-refractivity contribution is 9.11. The Labute approximate surface area is 132 Å². The molecule has 1 fully saturated rings. The highest BCUT2D eigenvalue weighted by atomic mass is 79.9. The number of aliphatic carboxylic acids is 1. The van der Waals surface area contributed by atoms with Crippen LogP contribution in [-0.2, 0) is 14.8 Å². The maximum atomic E-state index is 12.5. The first-order valence-electron chi connectivity index (χ1n) is 5.68. The third kappa shape index (κ3) is 2.72. The lowest BCUT2D eigenvalue weighted by molar-refractivity contribution is -0.140. The molecule has 6 nitrogen and oxygen atoms in total. The lowest BCUT2D eigenvalue weighted by Gasteiger charge is -2.21. The summed E-state index contributed by atoms with van der Waals surface area (Å²) in [6.45, 7) is 0.128. The molecule has 2 N–H and O–H groups in total. The van der Waals surface area contributed by atoms with Gasteiger partial charge in [-0.15, -0.1) is 0 Å². The number of rotatable bonds is 3. The van der Waals surface area contributed by atoms with E-state index in [2.05, 4.69) is 31.9 Å². The summed E-state index contributed by atoms with van der Waals surface area (Å²) in [5, 5.41) is 19.0. The monoisotopic (exact) mass is 427 g/mol. The second-order valence-electron chi connectivity index (χ2n) is 4.35. The minimum atomic E-state index is -4.07. The van der Waals surface area contributed by atoms with Crippen molar-refractivity contribution in [2.24, 2.45) is 0 Å². The van der Waals surface area contributed by atoms with E-state index in [9.17, 15) is 18.3 Å². The average molecular weight is 429 g/mol. The van der Waals surface area contributed by atoms with Crippen LogP contribution in [0.25, 0.3) is 0 Å². The molecule has 1 aromatic carbocycles. The van der Waals surface area contributed by atoms with Crippen molar-refractivity contribution in [1.29, 1.82) is 0 Å². The van der Waals surface area contributed by atoms with E-state index in [0.717, 1.165) is 4.31 Å². The van der Waals surface area contributed by atoms with Crippen molar-refractivity contribution in [3.8, 4) is 5.75 Å². The fraction of sp³-hybridized carbons (Fsp3) is 0.364. The van der Waals surface area contributed by atoms with Gasteiger partial charge in [0.1, 0.15) is 16.7 Å². The molecular formula is C11H11Br2NO5S. The molecule has 0 radical (unpaired) electrons. The lowest BCUT2D eigenvalue weighted by Crippen LogP contribution is -2.40. The van der Waals surface area contributed by atoms with Crippen molar-refractivity contribution in [2.45, 2.75) is 23.8 Å². The second-order valence-corrected chi connectivity index (χ2v) is 7.98. The number of carboxylic acid groups (broad SMARTS) is 1. The molecule has 9 heteroatoms. The predicted octanol–water partition coefficient (Wildman–Crippen LogP) is 2.15. The number of phenols is 1. The predicted molar refractivity (Wildman–Crippen MR) is 78.1 cm³/mol. The van der Waals surface area contributed by atoms with E-state index in [1.54, 1.807) is 0 Å². The fourth-order valence-electron chi connectivity index (χ4n) is 2.14. The van der Waals surface area contributed by atoms with E-state index in [4.69, 9.17) is 5.11 Å². The van der Waals surface area contributed by atoms with Gasteiger partial charge >= 0.3 is 5.97 Å². The molecule has 1 atom stereocenters. The molecule has 0 aliphatic carbocycles. The number of benzene rings is 1. The van der Waals surface area contributed by atoms with Gasteiger partial charge in [-0.05, 0) is 40.9 Å². The number of sulfonamides is 1. The number of carbonyl (C=O) groups is 1. The summed E-state index contributed by atoms with van der Waals surface area (Å²) in [6, 6.07) is 1.68. The third-order valence-electron chi connectivity index (χ3n) is 3.07. The number of phenolic OH excluding ortho intramolecular Hbond substituents is 1.